The fraction of sp³-hybridized carbons (Fsp3) is 0.667. The molecule has 2 rings (SSSR count). The lowest BCUT2D eigenvalue weighted by atomic mass is 10.0. The highest BCUT2D eigenvalue weighted by molar-refractivity contribution is 5.86. The van der Waals surface area contributed by atoms with Gasteiger partial charge in [-0.3, -0.25) is 9.59 Å². The van der Waals surface area contributed by atoms with Gasteiger partial charge in [0.2, 0.25) is 11.8 Å². The molecule has 1 fully saturated rings. The third-order valence-corrected chi connectivity index (χ3v) is 3.17. The molecule has 1 saturated heterocycles. The van der Waals surface area contributed by atoms with Gasteiger partial charge >= 0.3 is 0 Å². The minimum atomic E-state index is -1.06. The Kier molecular flexibility index (Phi) is 4.03. The number of nitrogens with zero attached hydrogens (tertiary/aromatic N) is 3. The maximum absolute atomic E-state index is 12.2. The highest BCUT2D eigenvalue weighted by Gasteiger charge is 2.40. The van der Waals surface area contributed by atoms with E-state index in [1.807, 2.05) is 0 Å². The summed E-state index contributed by atoms with van der Waals surface area (Å²) >= 11 is 0. The van der Waals surface area contributed by atoms with E-state index in [1.54, 1.807) is 18.7 Å². The van der Waals surface area contributed by atoms with Crippen molar-refractivity contribution in [3.05, 3.63) is 11.7 Å². The lowest BCUT2D eigenvalue weighted by Crippen LogP contribution is -2.58. The Morgan fingerprint density at radius 1 is 1.50 bits per heavy atom. The van der Waals surface area contributed by atoms with E-state index in [0.717, 1.165) is 0 Å². The summed E-state index contributed by atoms with van der Waals surface area (Å²) in [4.78, 5) is 29.2. The number of rotatable bonds is 3. The summed E-state index contributed by atoms with van der Waals surface area (Å²) in [5, 5.41) is 6.32. The van der Waals surface area contributed by atoms with Crippen molar-refractivity contribution in [3.63, 3.8) is 0 Å². The van der Waals surface area contributed by atoms with E-state index in [0.29, 0.717) is 24.9 Å². The van der Waals surface area contributed by atoms with Crippen LogP contribution in [0.25, 0.3) is 0 Å². The topological polar surface area (TPSA) is 97.6 Å². The van der Waals surface area contributed by atoms with Gasteiger partial charge in [-0.2, -0.15) is 4.98 Å². The third-order valence-electron chi connectivity index (χ3n) is 3.17. The molecule has 1 aliphatic rings. The molecule has 8 heteroatoms. The number of hydrogen-bond acceptors (Lipinski definition) is 6. The number of hydrogen-bond donors (Lipinski definition) is 1. The van der Waals surface area contributed by atoms with Crippen LogP contribution in [0.4, 0.5) is 0 Å². The molecule has 0 aliphatic carbocycles. The number of aryl methyl sites for hydroxylation is 1. The minimum Gasteiger partial charge on any atom is -0.362 e. The van der Waals surface area contributed by atoms with Crippen molar-refractivity contribution in [1.82, 2.24) is 20.4 Å². The third kappa shape index (κ3) is 3.13. The first kappa shape index (κ1) is 14.4. The predicted molar refractivity (Wildman–Crippen MR) is 67.5 cm³/mol. The van der Waals surface area contributed by atoms with Crippen LogP contribution in [0, 0.1) is 6.92 Å². The summed E-state index contributed by atoms with van der Waals surface area (Å²) in [6.07, 6.45) is 0. The lowest BCUT2D eigenvalue weighted by molar-refractivity contribution is -0.162. The molecule has 20 heavy (non-hydrogen) atoms. The summed E-state index contributed by atoms with van der Waals surface area (Å²) in [6.45, 7) is 6.05. The van der Waals surface area contributed by atoms with Crippen molar-refractivity contribution in [2.75, 3.05) is 19.7 Å². The molecular weight excluding hydrogens is 264 g/mol. The van der Waals surface area contributed by atoms with Crippen LogP contribution in [-0.2, 0) is 20.9 Å². The van der Waals surface area contributed by atoms with Crippen molar-refractivity contribution >= 4 is 11.8 Å². The molecule has 1 aromatic rings. The molecule has 0 spiro atoms. The van der Waals surface area contributed by atoms with E-state index in [1.165, 1.54) is 6.92 Å². The number of amides is 2. The van der Waals surface area contributed by atoms with Crippen molar-refractivity contribution in [2.45, 2.75) is 32.9 Å². The molecule has 1 N–H and O–H groups in total. The standard InChI is InChI=1S/C12H18N4O4/c1-8-14-10(20-15-8)6-13-11(18)12(3)7-16(9(2)17)4-5-19-12/h4-7H2,1-3H3,(H,13,18)/t12-/m1/s1. The summed E-state index contributed by atoms with van der Waals surface area (Å²) in [6, 6.07) is 0. The Morgan fingerprint density at radius 2 is 2.25 bits per heavy atom. The fourth-order valence-corrected chi connectivity index (χ4v) is 2.03. The van der Waals surface area contributed by atoms with Gasteiger partial charge < -0.3 is 19.5 Å². The fourth-order valence-electron chi connectivity index (χ4n) is 2.03. The van der Waals surface area contributed by atoms with Crippen molar-refractivity contribution in [1.29, 1.82) is 0 Å². The zero-order chi connectivity index (χ0) is 14.8. The molecule has 110 valence electrons. The van der Waals surface area contributed by atoms with E-state index >= 15 is 0 Å². The van der Waals surface area contributed by atoms with Crippen LogP contribution < -0.4 is 5.32 Å². The highest BCUT2D eigenvalue weighted by Crippen LogP contribution is 2.18. The first-order chi connectivity index (χ1) is 9.40. The number of ether oxygens (including phenoxy) is 1. The number of morpholine rings is 1. The molecule has 0 radical (unpaired) electrons. The van der Waals surface area contributed by atoms with Crippen LogP contribution in [0.2, 0.25) is 0 Å². The minimum absolute atomic E-state index is 0.0696. The van der Waals surface area contributed by atoms with Gasteiger partial charge in [-0.1, -0.05) is 5.16 Å². The van der Waals surface area contributed by atoms with Gasteiger partial charge in [0.25, 0.3) is 5.91 Å². The number of carbonyl (C=O) groups excluding carboxylic acids is 2. The zero-order valence-electron chi connectivity index (χ0n) is 11.8. The first-order valence-corrected chi connectivity index (χ1v) is 6.38. The quantitative estimate of drug-likeness (QED) is 0.812. The maximum atomic E-state index is 12.2. The second-order valence-electron chi connectivity index (χ2n) is 4.94. The van der Waals surface area contributed by atoms with E-state index in [4.69, 9.17) is 9.26 Å². The van der Waals surface area contributed by atoms with Crippen molar-refractivity contribution < 1.29 is 18.8 Å². The van der Waals surface area contributed by atoms with Crippen LogP contribution in [0.1, 0.15) is 25.6 Å². The molecule has 0 unspecified atom stereocenters. The van der Waals surface area contributed by atoms with Crippen LogP contribution >= 0.6 is 0 Å². The SMILES string of the molecule is CC(=O)N1CCO[C@@](C)(C(=O)NCc2nc(C)no2)C1. The summed E-state index contributed by atoms with van der Waals surface area (Å²) in [5.74, 6) is 0.468. The normalized spacial score (nSPS) is 22.6. The Bertz CT molecular complexity index is 515. The molecule has 0 bridgehead atoms. The van der Waals surface area contributed by atoms with Gasteiger partial charge in [0.05, 0.1) is 19.7 Å². The van der Waals surface area contributed by atoms with Crippen LogP contribution in [0.3, 0.4) is 0 Å². The van der Waals surface area contributed by atoms with Crippen LogP contribution in [0.15, 0.2) is 4.52 Å². The number of aromatic nitrogens is 2. The number of carbonyl (C=O) groups is 2. The van der Waals surface area contributed by atoms with Gasteiger partial charge in [-0.05, 0) is 13.8 Å². The van der Waals surface area contributed by atoms with Gasteiger partial charge in [-0.15, -0.1) is 0 Å². The van der Waals surface area contributed by atoms with Gasteiger partial charge in [0.15, 0.2) is 11.4 Å². The molecule has 0 aromatic carbocycles. The van der Waals surface area contributed by atoms with Gasteiger partial charge in [0, 0.05) is 13.5 Å². The van der Waals surface area contributed by atoms with E-state index in [2.05, 4.69) is 15.5 Å². The molecule has 8 nitrogen and oxygen atoms in total. The highest BCUT2D eigenvalue weighted by atomic mass is 16.5. The van der Waals surface area contributed by atoms with Crippen molar-refractivity contribution in [2.24, 2.45) is 0 Å². The largest absolute Gasteiger partial charge is 0.362 e. The first-order valence-electron chi connectivity index (χ1n) is 6.38. The van der Waals surface area contributed by atoms with Crippen molar-refractivity contribution in [3.8, 4) is 0 Å². The summed E-state index contributed by atoms with van der Waals surface area (Å²) < 4.78 is 10.4. The summed E-state index contributed by atoms with van der Waals surface area (Å²) in [5.41, 5.74) is -1.06. The van der Waals surface area contributed by atoms with Crippen LogP contribution in [0.5, 0.6) is 0 Å². The molecule has 1 atom stereocenters. The van der Waals surface area contributed by atoms with E-state index in [9.17, 15) is 9.59 Å². The second kappa shape index (κ2) is 5.58. The van der Waals surface area contributed by atoms with E-state index < -0.39 is 5.60 Å². The molecule has 0 saturated carbocycles. The van der Waals surface area contributed by atoms with Crippen LogP contribution in [-0.4, -0.2) is 52.2 Å². The monoisotopic (exact) mass is 282 g/mol. The smallest absolute Gasteiger partial charge is 0.254 e. The number of nitrogens with one attached hydrogen (secondary N) is 1. The zero-order valence-corrected chi connectivity index (χ0v) is 11.8. The second-order valence-corrected chi connectivity index (χ2v) is 4.94. The predicted octanol–water partition coefficient (Wildman–Crippen LogP) is -0.368. The maximum Gasteiger partial charge on any atom is 0.254 e. The Balaban J connectivity index is 1.94. The van der Waals surface area contributed by atoms with Gasteiger partial charge in [-0.25, -0.2) is 0 Å². The lowest BCUT2D eigenvalue weighted by Gasteiger charge is -2.38. The Morgan fingerprint density at radius 3 is 2.85 bits per heavy atom. The molecule has 1 aromatic heterocycles. The van der Waals surface area contributed by atoms with E-state index in [-0.39, 0.29) is 24.9 Å². The Hall–Kier alpha value is -1.96. The Labute approximate surface area is 116 Å². The van der Waals surface area contributed by atoms with Gasteiger partial charge in [0.1, 0.15) is 0 Å². The summed E-state index contributed by atoms with van der Waals surface area (Å²) in [7, 11) is 0. The molecular formula is C12H18N4O4. The average Bonchev–Trinajstić information content (AvgIpc) is 2.81. The average molecular weight is 282 g/mol. The molecule has 1 aliphatic heterocycles. The molecule has 2 heterocycles. The molecule has 2 amide bonds.